The third kappa shape index (κ3) is 4.62. The van der Waals surface area contributed by atoms with Crippen LogP contribution in [0.1, 0.15) is 29.7 Å². The minimum Gasteiger partial charge on any atom is -0.445 e. The molecule has 1 N–H and O–H groups in total. The number of nitrogens with zero attached hydrogens (tertiary/aromatic N) is 5. The highest BCUT2D eigenvalue weighted by atomic mass is 16.5. The molecule has 3 heterocycles. The monoisotopic (exact) mass is 448 g/mol. The smallest absolute Gasteiger partial charge is 0.407 e. The number of hydrogen-bond acceptors (Lipinski definition) is 6. The number of anilines is 1. The van der Waals surface area contributed by atoms with Crippen molar-refractivity contribution in [1.82, 2.24) is 24.8 Å². The SMILES string of the molecule is O=C(NCC(=O)N1CCN(c2nccn3nc4c(c23)CCCC4)CC1)OCc1ccccc1. The van der Waals surface area contributed by atoms with Crippen molar-refractivity contribution in [2.24, 2.45) is 0 Å². The van der Waals surface area contributed by atoms with Gasteiger partial charge in [0.1, 0.15) is 18.7 Å². The van der Waals surface area contributed by atoms with Crippen molar-refractivity contribution in [2.75, 3.05) is 37.6 Å². The average molecular weight is 449 g/mol. The Labute approximate surface area is 192 Å². The van der Waals surface area contributed by atoms with Gasteiger partial charge in [-0.25, -0.2) is 14.3 Å². The van der Waals surface area contributed by atoms with Gasteiger partial charge in [0, 0.05) is 44.1 Å². The van der Waals surface area contributed by atoms with Gasteiger partial charge < -0.3 is 19.9 Å². The average Bonchev–Trinajstić information content (AvgIpc) is 3.25. The fraction of sp³-hybridized carbons (Fsp3) is 0.417. The Morgan fingerprint density at radius 3 is 2.64 bits per heavy atom. The second kappa shape index (κ2) is 9.48. The molecule has 5 rings (SSSR count). The van der Waals surface area contributed by atoms with Gasteiger partial charge >= 0.3 is 6.09 Å². The van der Waals surface area contributed by atoms with Crippen LogP contribution in [-0.4, -0.2) is 64.2 Å². The molecular formula is C24H28N6O3. The van der Waals surface area contributed by atoms with Gasteiger partial charge in [-0.3, -0.25) is 4.79 Å². The fourth-order valence-electron chi connectivity index (χ4n) is 4.58. The molecule has 2 amide bonds. The molecule has 0 saturated carbocycles. The summed E-state index contributed by atoms with van der Waals surface area (Å²) in [6.45, 7) is 2.65. The van der Waals surface area contributed by atoms with E-state index in [0.717, 1.165) is 29.7 Å². The van der Waals surface area contributed by atoms with Crippen LogP contribution in [0.15, 0.2) is 42.7 Å². The van der Waals surface area contributed by atoms with Gasteiger partial charge in [0.05, 0.1) is 5.69 Å². The Bertz CT molecular complexity index is 1140. The van der Waals surface area contributed by atoms with E-state index in [1.54, 1.807) is 11.1 Å². The van der Waals surface area contributed by atoms with Gasteiger partial charge in [-0.15, -0.1) is 0 Å². The summed E-state index contributed by atoms with van der Waals surface area (Å²) in [5.74, 6) is 0.835. The number of nitrogens with one attached hydrogen (secondary N) is 1. The molecule has 2 aromatic heterocycles. The molecule has 33 heavy (non-hydrogen) atoms. The van der Waals surface area contributed by atoms with Crippen LogP contribution < -0.4 is 10.2 Å². The van der Waals surface area contributed by atoms with Gasteiger partial charge in [-0.2, -0.15) is 5.10 Å². The lowest BCUT2D eigenvalue weighted by molar-refractivity contribution is -0.130. The van der Waals surface area contributed by atoms with Gasteiger partial charge in [0.2, 0.25) is 5.91 Å². The minimum absolute atomic E-state index is 0.0718. The maximum Gasteiger partial charge on any atom is 0.407 e. The van der Waals surface area contributed by atoms with Crippen LogP contribution in [0.25, 0.3) is 5.52 Å². The molecule has 1 aromatic carbocycles. The second-order valence-corrected chi connectivity index (χ2v) is 8.46. The summed E-state index contributed by atoms with van der Waals surface area (Å²) < 4.78 is 7.13. The Morgan fingerprint density at radius 1 is 1.03 bits per heavy atom. The standard InChI is InChI=1S/C24H28N6O3/c31-21(16-26-24(32)33-17-18-6-2-1-3-7-18)28-12-14-29(15-13-28)23-22-19-8-4-5-9-20(19)27-30(22)11-10-25-23/h1-3,6-7,10-11H,4-5,8-9,12-17H2,(H,26,32). The van der Waals surface area contributed by atoms with E-state index in [-0.39, 0.29) is 19.1 Å². The quantitative estimate of drug-likeness (QED) is 0.643. The zero-order valence-electron chi connectivity index (χ0n) is 18.6. The molecule has 9 heteroatoms. The highest BCUT2D eigenvalue weighted by Crippen LogP contribution is 2.30. The number of benzene rings is 1. The number of fused-ring (bicyclic) bond motifs is 3. The van der Waals surface area contributed by atoms with E-state index in [1.807, 2.05) is 41.0 Å². The molecule has 172 valence electrons. The maximum absolute atomic E-state index is 12.6. The summed E-state index contributed by atoms with van der Waals surface area (Å²) in [6.07, 6.45) is 7.57. The van der Waals surface area contributed by atoms with Crippen molar-refractivity contribution in [1.29, 1.82) is 0 Å². The van der Waals surface area contributed by atoms with Crippen LogP contribution in [-0.2, 0) is 29.0 Å². The number of aryl methyl sites for hydroxylation is 2. The summed E-state index contributed by atoms with van der Waals surface area (Å²) in [7, 11) is 0. The summed E-state index contributed by atoms with van der Waals surface area (Å²) >= 11 is 0. The first kappa shape index (κ1) is 21.2. The molecule has 2 aliphatic rings. The van der Waals surface area contributed by atoms with E-state index in [4.69, 9.17) is 9.84 Å². The number of carbonyl (C=O) groups excluding carboxylic acids is 2. The highest BCUT2D eigenvalue weighted by molar-refractivity contribution is 5.82. The Kier molecular flexibility index (Phi) is 6.10. The topological polar surface area (TPSA) is 92.1 Å². The largest absolute Gasteiger partial charge is 0.445 e. The van der Waals surface area contributed by atoms with Crippen LogP contribution in [0.3, 0.4) is 0 Å². The third-order valence-electron chi connectivity index (χ3n) is 6.33. The van der Waals surface area contributed by atoms with Crippen molar-refractivity contribution in [3.63, 3.8) is 0 Å². The number of rotatable bonds is 5. The van der Waals surface area contributed by atoms with Gasteiger partial charge in [-0.1, -0.05) is 30.3 Å². The molecule has 3 aromatic rings. The highest BCUT2D eigenvalue weighted by Gasteiger charge is 2.26. The summed E-state index contributed by atoms with van der Waals surface area (Å²) in [4.78, 5) is 33.2. The molecule has 0 radical (unpaired) electrons. The van der Waals surface area contributed by atoms with Gasteiger partial charge in [-0.05, 0) is 31.2 Å². The van der Waals surface area contributed by atoms with Crippen molar-refractivity contribution in [2.45, 2.75) is 32.3 Å². The number of carbonyl (C=O) groups is 2. The molecule has 1 saturated heterocycles. The summed E-state index contributed by atoms with van der Waals surface area (Å²) in [5.41, 5.74) is 4.52. The zero-order chi connectivity index (χ0) is 22.6. The Morgan fingerprint density at radius 2 is 1.82 bits per heavy atom. The third-order valence-corrected chi connectivity index (χ3v) is 6.33. The van der Waals surface area contributed by atoms with Crippen molar-refractivity contribution in [3.8, 4) is 0 Å². The Hall–Kier alpha value is -3.62. The predicted octanol–water partition coefficient (Wildman–Crippen LogP) is 2.18. The lowest BCUT2D eigenvalue weighted by Crippen LogP contribution is -2.51. The molecule has 0 atom stereocenters. The van der Waals surface area contributed by atoms with Crippen LogP contribution >= 0.6 is 0 Å². The first-order valence-electron chi connectivity index (χ1n) is 11.5. The van der Waals surface area contributed by atoms with E-state index in [9.17, 15) is 9.59 Å². The lowest BCUT2D eigenvalue weighted by atomic mass is 9.97. The predicted molar refractivity (Wildman–Crippen MR) is 123 cm³/mol. The van der Waals surface area contributed by atoms with E-state index in [0.29, 0.717) is 26.2 Å². The van der Waals surface area contributed by atoms with Gasteiger partial charge in [0.25, 0.3) is 0 Å². The number of alkyl carbamates (subject to hydrolysis) is 1. The van der Waals surface area contributed by atoms with Crippen LogP contribution in [0, 0.1) is 0 Å². The molecule has 0 unspecified atom stereocenters. The number of amides is 2. The minimum atomic E-state index is -0.591. The van der Waals surface area contributed by atoms with E-state index in [2.05, 4.69) is 15.2 Å². The first-order valence-corrected chi connectivity index (χ1v) is 11.5. The molecule has 1 aliphatic carbocycles. The normalized spacial score (nSPS) is 15.9. The van der Waals surface area contributed by atoms with E-state index < -0.39 is 6.09 Å². The summed E-state index contributed by atoms with van der Waals surface area (Å²) in [6, 6.07) is 9.44. The lowest BCUT2D eigenvalue weighted by Gasteiger charge is -2.35. The van der Waals surface area contributed by atoms with Crippen molar-refractivity contribution in [3.05, 3.63) is 59.5 Å². The molecule has 0 spiro atoms. The van der Waals surface area contributed by atoms with Crippen molar-refractivity contribution >= 4 is 23.3 Å². The number of ether oxygens (including phenoxy) is 1. The number of aromatic nitrogens is 3. The van der Waals surface area contributed by atoms with E-state index in [1.165, 1.54) is 24.1 Å². The van der Waals surface area contributed by atoms with Crippen LogP contribution in [0.4, 0.5) is 10.6 Å². The first-order chi connectivity index (χ1) is 16.2. The van der Waals surface area contributed by atoms with E-state index >= 15 is 0 Å². The fourth-order valence-corrected chi connectivity index (χ4v) is 4.58. The molecular weight excluding hydrogens is 420 g/mol. The van der Waals surface area contributed by atoms with Crippen molar-refractivity contribution < 1.29 is 14.3 Å². The molecule has 1 fully saturated rings. The summed E-state index contributed by atoms with van der Waals surface area (Å²) in [5, 5.41) is 7.32. The second-order valence-electron chi connectivity index (χ2n) is 8.46. The zero-order valence-corrected chi connectivity index (χ0v) is 18.6. The molecule has 9 nitrogen and oxygen atoms in total. The maximum atomic E-state index is 12.6. The molecule has 0 bridgehead atoms. The number of piperazine rings is 1. The molecule has 1 aliphatic heterocycles. The van der Waals surface area contributed by atoms with Crippen LogP contribution in [0.5, 0.6) is 0 Å². The van der Waals surface area contributed by atoms with Crippen LogP contribution in [0.2, 0.25) is 0 Å². The Balaban J connectivity index is 1.14. The van der Waals surface area contributed by atoms with Gasteiger partial charge in [0.15, 0.2) is 5.82 Å². The number of hydrogen-bond donors (Lipinski definition) is 1.